The molecule has 0 saturated heterocycles. The number of hydrogen-bond donors (Lipinski definition) is 1. The number of carbonyl (C=O) groups is 2. The van der Waals surface area contributed by atoms with Crippen LogP contribution in [-0.2, 0) is 14.4 Å². The molecule has 0 aromatic carbocycles. The van der Waals surface area contributed by atoms with Gasteiger partial charge in [0.2, 0.25) is 0 Å². The third-order valence-electron chi connectivity index (χ3n) is 1.37. The van der Waals surface area contributed by atoms with Crippen molar-refractivity contribution in [2.75, 3.05) is 19.8 Å². The minimum atomic E-state index is -1.22. The van der Waals surface area contributed by atoms with Crippen molar-refractivity contribution in [3.63, 3.8) is 0 Å². The van der Waals surface area contributed by atoms with E-state index < -0.39 is 12.1 Å². The van der Waals surface area contributed by atoms with E-state index in [1.54, 1.807) is 6.92 Å². The molecule has 0 aliphatic rings. The standard InChI is InChI=1S/C9H15NO5/c1-4-15-10(9(12)13)5-6-14-8(11)7(2)3/h2,4-6H2,1,3H3,(H,12,13). The molecule has 0 aromatic rings. The molecule has 0 rings (SSSR count). The molecule has 0 spiro atoms. The van der Waals surface area contributed by atoms with Crippen LogP contribution in [0.3, 0.4) is 0 Å². The van der Waals surface area contributed by atoms with E-state index in [-0.39, 0.29) is 25.3 Å². The van der Waals surface area contributed by atoms with Crippen LogP contribution >= 0.6 is 0 Å². The van der Waals surface area contributed by atoms with Gasteiger partial charge in [-0.2, -0.15) is 5.06 Å². The quantitative estimate of drug-likeness (QED) is 0.408. The second-order valence-electron chi connectivity index (χ2n) is 2.72. The van der Waals surface area contributed by atoms with Crippen LogP contribution in [0.5, 0.6) is 0 Å². The van der Waals surface area contributed by atoms with Crippen LogP contribution in [0.15, 0.2) is 12.2 Å². The summed E-state index contributed by atoms with van der Waals surface area (Å²) in [5, 5.41) is 9.34. The zero-order valence-corrected chi connectivity index (χ0v) is 8.86. The third-order valence-corrected chi connectivity index (χ3v) is 1.37. The molecule has 6 heteroatoms. The Morgan fingerprint density at radius 1 is 1.47 bits per heavy atom. The van der Waals surface area contributed by atoms with Crippen molar-refractivity contribution in [2.24, 2.45) is 0 Å². The summed E-state index contributed by atoms with van der Waals surface area (Å²) in [5.41, 5.74) is 0.272. The van der Waals surface area contributed by atoms with Crippen molar-refractivity contribution in [1.82, 2.24) is 5.06 Å². The van der Waals surface area contributed by atoms with Crippen LogP contribution < -0.4 is 0 Å². The number of ether oxygens (including phenoxy) is 1. The van der Waals surface area contributed by atoms with Gasteiger partial charge in [0.25, 0.3) is 0 Å². The molecule has 0 heterocycles. The Balaban J connectivity index is 3.85. The summed E-state index contributed by atoms with van der Waals surface area (Å²) in [6, 6.07) is 0. The lowest BCUT2D eigenvalue weighted by molar-refractivity contribution is -0.150. The van der Waals surface area contributed by atoms with E-state index in [2.05, 4.69) is 6.58 Å². The van der Waals surface area contributed by atoms with Crippen LogP contribution in [0.1, 0.15) is 13.8 Å². The van der Waals surface area contributed by atoms with Crippen molar-refractivity contribution < 1.29 is 24.3 Å². The second kappa shape index (κ2) is 6.83. The number of amides is 1. The van der Waals surface area contributed by atoms with Gasteiger partial charge in [-0.15, -0.1) is 0 Å². The molecule has 0 fully saturated rings. The maximum absolute atomic E-state index is 10.9. The van der Waals surface area contributed by atoms with Crippen LogP contribution in [0.4, 0.5) is 4.79 Å². The van der Waals surface area contributed by atoms with Crippen molar-refractivity contribution in [3.8, 4) is 0 Å². The first-order valence-electron chi connectivity index (χ1n) is 4.45. The number of nitrogens with zero attached hydrogens (tertiary/aromatic N) is 1. The van der Waals surface area contributed by atoms with Gasteiger partial charge in [-0.3, -0.25) is 4.84 Å². The van der Waals surface area contributed by atoms with E-state index in [9.17, 15) is 9.59 Å². The van der Waals surface area contributed by atoms with Gasteiger partial charge in [-0.05, 0) is 13.8 Å². The normalized spacial score (nSPS) is 9.47. The minimum Gasteiger partial charge on any atom is -0.463 e. The number of carbonyl (C=O) groups excluding carboxylic acids is 1. The minimum absolute atomic E-state index is 0.0256. The molecule has 0 unspecified atom stereocenters. The SMILES string of the molecule is C=C(C)C(=O)OCCN(OCC)C(=O)O. The Hall–Kier alpha value is -1.56. The molecule has 0 radical (unpaired) electrons. The van der Waals surface area contributed by atoms with Gasteiger partial charge in [-0.1, -0.05) is 6.58 Å². The van der Waals surface area contributed by atoms with E-state index in [0.717, 1.165) is 0 Å². The Morgan fingerprint density at radius 3 is 2.47 bits per heavy atom. The third kappa shape index (κ3) is 5.69. The fraction of sp³-hybridized carbons (Fsp3) is 0.556. The molecule has 6 nitrogen and oxygen atoms in total. The summed E-state index contributed by atoms with van der Waals surface area (Å²) in [5.74, 6) is -0.545. The highest BCUT2D eigenvalue weighted by Gasteiger charge is 2.12. The monoisotopic (exact) mass is 217 g/mol. The van der Waals surface area contributed by atoms with Crippen molar-refractivity contribution in [2.45, 2.75) is 13.8 Å². The second-order valence-corrected chi connectivity index (χ2v) is 2.72. The lowest BCUT2D eigenvalue weighted by atomic mass is 10.4. The highest BCUT2D eigenvalue weighted by molar-refractivity contribution is 5.86. The van der Waals surface area contributed by atoms with Gasteiger partial charge in [0.15, 0.2) is 0 Å². The molecule has 0 saturated carbocycles. The molecular formula is C9H15NO5. The Morgan fingerprint density at radius 2 is 2.07 bits per heavy atom. The summed E-state index contributed by atoms with van der Waals surface area (Å²) >= 11 is 0. The van der Waals surface area contributed by atoms with Gasteiger partial charge < -0.3 is 9.84 Å². The first-order chi connectivity index (χ1) is 6.99. The molecule has 0 atom stereocenters. The van der Waals surface area contributed by atoms with E-state index in [0.29, 0.717) is 5.06 Å². The maximum atomic E-state index is 10.9. The molecule has 1 N–H and O–H groups in total. The summed E-state index contributed by atoms with van der Waals surface area (Å²) in [6.45, 7) is 6.72. The number of esters is 1. The van der Waals surface area contributed by atoms with Crippen molar-refractivity contribution in [1.29, 1.82) is 0 Å². The average Bonchev–Trinajstić information content (AvgIpc) is 2.15. The number of carboxylic acid groups (broad SMARTS) is 1. The van der Waals surface area contributed by atoms with Crippen LogP contribution in [-0.4, -0.2) is 42.0 Å². The smallest absolute Gasteiger partial charge is 0.431 e. The molecule has 1 amide bonds. The molecule has 0 aromatic heterocycles. The molecule has 0 bridgehead atoms. The lowest BCUT2D eigenvalue weighted by Crippen LogP contribution is -2.33. The van der Waals surface area contributed by atoms with E-state index in [4.69, 9.17) is 14.7 Å². The van der Waals surface area contributed by atoms with Gasteiger partial charge in [0.05, 0.1) is 13.2 Å². The van der Waals surface area contributed by atoms with Crippen LogP contribution in [0.25, 0.3) is 0 Å². The molecule has 0 aliphatic carbocycles. The number of hydrogen-bond acceptors (Lipinski definition) is 4. The maximum Gasteiger partial charge on any atom is 0.431 e. The van der Waals surface area contributed by atoms with E-state index >= 15 is 0 Å². The predicted octanol–water partition coefficient (Wildman–Crippen LogP) is 1.04. The molecule has 15 heavy (non-hydrogen) atoms. The van der Waals surface area contributed by atoms with Gasteiger partial charge >= 0.3 is 12.1 Å². The highest BCUT2D eigenvalue weighted by atomic mass is 16.7. The fourth-order valence-corrected chi connectivity index (χ4v) is 0.716. The first-order valence-corrected chi connectivity index (χ1v) is 4.45. The summed E-state index contributed by atoms with van der Waals surface area (Å²) in [7, 11) is 0. The van der Waals surface area contributed by atoms with Crippen molar-refractivity contribution in [3.05, 3.63) is 12.2 Å². The topological polar surface area (TPSA) is 76.1 Å². The van der Waals surface area contributed by atoms with E-state index in [1.807, 2.05) is 0 Å². The largest absolute Gasteiger partial charge is 0.463 e. The summed E-state index contributed by atoms with van der Waals surface area (Å²) in [4.78, 5) is 26.2. The van der Waals surface area contributed by atoms with E-state index in [1.165, 1.54) is 6.92 Å². The summed E-state index contributed by atoms with van der Waals surface area (Å²) < 4.78 is 4.71. The number of rotatable bonds is 6. The fourth-order valence-electron chi connectivity index (χ4n) is 0.716. The van der Waals surface area contributed by atoms with Crippen LogP contribution in [0.2, 0.25) is 0 Å². The number of hydroxylamine groups is 2. The van der Waals surface area contributed by atoms with Gasteiger partial charge in [-0.25, -0.2) is 9.59 Å². The van der Waals surface area contributed by atoms with Crippen LogP contribution in [0, 0.1) is 0 Å². The Kier molecular flexibility index (Phi) is 6.12. The van der Waals surface area contributed by atoms with Gasteiger partial charge in [0.1, 0.15) is 6.61 Å². The first kappa shape index (κ1) is 13.4. The highest BCUT2D eigenvalue weighted by Crippen LogP contribution is 1.95. The summed E-state index contributed by atoms with van der Waals surface area (Å²) in [6.07, 6.45) is -1.22. The Bertz CT molecular complexity index is 251. The predicted molar refractivity (Wildman–Crippen MR) is 52.1 cm³/mol. The molecule has 0 aliphatic heterocycles. The molecular weight excluding hydrogens is 202 g/mol. The zero-order chi connectivity index (χ0) is 11.8. The zero-order valence-electron chi connectivity index (χ0n) is 8.86. The average molecular weight is 217 g/mol. The van der Waals surface area contributed by atoms with Crippen molar-refractivity contribution >= 4 is 12.1 Å². The van der Waals surface area contributed by atoms with Gasteiger partial charge in [0, 0.05) is 5.57 Å². The molecule has 86 valence electrons. The lowest BCUT2D eigenvalue weighted by Gasteiger charge is -2.17. The Labute approximate surface area is 88.0 Å².